The molecule has 0 spiro atoms. The van der Waals surface area contributed by atoms with E-state index < -0.39 is 11.8 Å². The number of carbonyl (C=O) groups is 2. The fraction of sp³-hybridized carbons (Fsp3) is 0.250. The van der Waals surface area contributed by atoms with Crippen LogP contribution < -0.4 is 15.0 Å². The molecule has 7 heteroatoms. The van der Waals surface area contributed by atoms with Gasteiger partial charge in [0.25, 0.3) is 0 Å². The van der Waals surface area contributed by atoms with Crippen LogP contribution in [0.1, 0.15) is 5.56 Å². The third-order valence-electron chi connectivity index (χ3n) is 4.44. The van der Waals surface area contributed by atoms with Crippen molar-refractivity contribution in [2.24, 2.45) is 0 Å². The molecule has 0 aromatic heterocycles. The van der Waals surface area contributed by atoms with Gasteiger partial charge in [0.1, 0.15) is 5.75 Å². The lowest BCUT2D eigenvalue weighted by Crippen LogP contribution is -2.51. The highest BCUT2D eigenvalue weighted by Gasteiger charge is 2.27. The molecule has 0 bridgehead atoms. The zero-order valence-corrected chi connectivity index (χ0v) is 15.0. The topological polar surface area (TPSA) is 85.7 Å². The fourth-order valence-electron chi connectivity index (χ4n) is 3.04. The molecule has 138 valence electrons. The number of rotatable bonds is 3. The number of ether oxygens (including phenoxy) is 1. The quantitative estimate of drug-likeness (QED) is 0.840. The van der Waals surface area contributed by atoms with Gasteiger partial charge >= 0.3 is 11.8 Å². The molecule has 0 aliphatic carbocycles. The summed E-state index contributed by atoms with van der Waals surface area (Å²) in [6.45, 7) is 2.12. The van der Waals surface area contributed by atoms with E-state index in [4.69, 9.17) is 10.00 Å². The number of hydrogen-bond acceptors (Lipinski definition) is 5. The van der Waals surface area contributed by atoms with Crippen LogP contribution in [0, 0.1) is 11.3 Å². The molecule has 7 nitrogen and oxygen atoms in total. The lowest BCUT2D eigenvalue weighted by atomic mass is 10.2. The number of amides is 2. The maximum atomic E-state index is 12.4. The molecule has 2 aromatic carbocycles. The number of piperazine rings is 1. The molecule has 3 rings (SSSR count). The van der Waals surface area contributed by atoms with Crippen LogP contribution in [0.2, 0.25) is 0 Å². The van der Waals surface area contributed by atoms with Gasteiger partial charge in [0.2, 0.25) is 0 Å². The van der Waals surface area contributed by atoms with Gasteiger partial charge in [-0.05, 0) is 30.3 Å². The van der Waals surface area contributed by atoms with E-state index in [-0.39, 0.29) is 0 Å². The Morgan fingerprint density at radius 3 is 2.52 bits per heavy atom. The Morgan fingerprint density at radius 1 is 1.07 bits per heavy atom. The Labute approximate surface area is 157 Å². The summed E-state index contributed by atoms with van der Waals surface area (Å²) in [7, 11) is 1.63. The minimum Gasteiger partial charge on any atom is -0.495 e. The van der Waals surface area contributed by atoms with Gasteiger partial charge in [0, 0.05) is 31.9 Å². The summed E-state index contributed by atoms with van der Waals surface area (Å²) in [5.41, 5.74) is 1.83. The largest absolute Gasteiger partial charge is 0.495 e. The van der Waals surface area contributed by atoms with E-state index in [1.165, 1.54) is 11.0 Å². The smallest absolute Gasteiger partial charge is 0.313 e. The molecule has 1 aliphatic rings. The molecule has 1 fully saturated rings. The average molecular weight is 364 g/mol. The van der Waals surface area contributed by atoms with E-state index >= 15 is 0 Å². The molecule has 2 aromatic rings. The van der Waals surface area contributed by atoms with Crippen molar-refractivity contribution in [2.45, 2.75) is 0 Å². The van der Waals surface area contributed by atoms with Gasteiger partial charge < -0.3 is 19.9 Å². The summed E-state index contributed by atoms with van der Waals surface area (Å²) in [5.74, 6) is -0.486. The Morgan fingerprint density at radius 2 is 1.81 bits per heavy atom. The summed E-state index contributed by atoms with van der Waals surface area (Å²) >= 11 is 0. The molecule has 27 heavy (non-hydrogen) atoms. The Bertz CT molecular complexity index is 883. The second kappa shape index (κ2) is 8.23. The first-order valence-corrected chi connectivity index (χ1v) is 8.61. The van der Waals surface area contributed by atoms with E-state index in [9.17, 15) is 9.59 Å². The summed E-state index contributed by atoms with van der Waals surface area (Å²) in [6.07, 6.45) is 0. The first-order valence-electron chi connectivity index (χ1n) is 8.61. The molecule has 1 N–H and O–H groups in total. The first kappa shape index (κ1) is 18.3. The predicted octanol–water partition coefficient (Wildman–Crippen LogP) is 1.85. The third kappa shape index (κ3) is 4.18. The zero-order valence-electron chi connectivity index (χ0n) is 15.0. The number of para-hydroxylation sites is 2. The van der Waals surface area contributed by atoms with E-state index in [0.29, 0.717) is 37.4 Å². The van der Waals surface area contributed by atoms with Gasteiger partial charge in [-0.25, -0.2) is 0 Å². The number of benzene rings is 2. The SMILES string of the molecule is COc1ccccc1N1CCN(C(=O)C(=O)Nc2cccc(C#N)c2)CC1. The summed E-state index contributed by atoms with van der Waals surface area (Å²) in [5, 5.41) is 11.5. The van der Waals surface area contributed by atoms with Crippen LogP contribution in [0.5, 0.6) is 5.75 Å². The van der Waals surface area contributed by atoms with Crippen LogP contribution in [0.4, 0.5) is 11.4 Å². The number of nitriles is 1. The summed E-state index contributed by atoms with van der Waals surface area (Å²) < 4.78 is 5.39. The fourth-order valence-corrected chi connectivity index (χ4v) is 3.04. The minimum atomic E-state index is -0.698. The second-order valence-corrected chi connectivity index (χ2v) is 6.10. The van der Waals surface area contributed by atoms with Crippen molar-refractivity contribution in [2.75, 3.05) is 43.5 Å². The van der Waals surface area contributed by atoms with Gasteiger partial charge in [-0.1, -0.05) is 18.2 Å². The molecular weight excluding hydrogens is 344 g/mol. The van der Waals surface area contributed by atoms with Gasteiger partial charge in [0.15, 0.2) is 0 Å². The van der Waals surface area contributed by atoms with Crippen LogP contribution in [0.3, 0.4) is 0 Å². The van der Waals surface area contributed by atoms with Crippen molar-refractivity contribution < 1.29 is 14.3 Å². The van der Waals surface area contributed by atoms with Crippen molar-refractivity contribution >= 4 is 23.2 Å². The number of methoxy groups -OCH3 is 1. The average Bonchev–Trinajstić information content (AvgIpc) is 2.73. The monoisotopic (exact) mass is 364 g/mol. The number of anilines is 2. The number of hydrogen-bond donors (Lipinski definition) is 1. The normalized spacial score (nSPS) is 13.6. The van der Waals surface area contributed by atoms with Crippen LogP contribution >= 0.6 is 0 Å². The van der Waals surface area contributed by atoms with Crippen LogP contribution in [-0.2, 0) is 9.59 Å². The first-order chi connectivity index (χ1) is 13.1. The van der Waals surface area contributed by atoms with Crippen LogP contribution in [0.15, 0.2) is 48.5 Å². The maximum Gasteiger partial charge on any atom is 0.313 e. The van der Waals surface area contributed by atoms with Gasteiger partial charge in [-0.15, -0.1) is 0 Å². The number of nitrogens with zero attached hydrogens (tertiary/aromatic N) is 3. The number of nitrogens with one attached hydrogen (secondary N) is 1. The maximum absolute atomic E-state index is 12.4. The minimum absolute atomic E-state index is 0.422. The lowest BCUT2D eigenvalue weighted by molar-refractivity contribution is -0.143. The Kier molecular flexibility index (Phi) is 5.57. The van der Waals surface area contributed by atoms with Gasteiger partial charge in [-0.3, -0.25) is 9.59 Å². The van der Waals surface area contributed by atoms with Crippen molar-refractivity contribution in [1.82, 2.24) is 4.90 Å². The predicted molar refractivity (Wildman–Crippen MR) is 102 cm³/mol. The van der Waals surface area contributed by atoms with E-state index in [1.807, 2.05) is 30.3 Å². The third-order valence-corrected chi connectivity index (χ3v) is 4.44. The highest BCUT2D eigenvalue weighted by atomic mass is 16.5. The van der Waals surface area contributed by atoms with Crippen LogP contribution in [0.25, 0.3) is 0 Å². The summed E-state index contributed by atoms with van der Waals surface area (Å²) in [4.78, 5) is 28.3. The molecular formula is C20H20N4O3. The highest BCUT2D eigenvalue weighted by Crippen LogP contribution is 2.28. The summed E-state index contributed by atoms with van der Waals surface area (Å²) in [6, 6.07) is 16.2. The van der Waals surface area contributed by atoms with E-state index in [1.54, 1.807) is 25.3 Å². The standard InChI is InChI=1S/C20H20N4O3/c1-27-18-8-3-2-7-17(18)23-9-11-24(12-10-23)20(26)19(25)22-16-6-4-5-15(13-16)14-21/h2-8,13H,9-12H2,1H3,(H,22,25). The lowest BCUT2D eigenvalue weighted by Gasteiger charge is -2.36. The van der Waals surface area contributed by atoms with Crippen molar-refractivity contribution in [3.05, 3.63) is 54.1 Å². The Balaban J connectivity index is 1.59. The molecule has 0 radical (unpaired) electrons. The molecule has 0 unspecified atom stereocenters. The van der Waals surface area contributed by atoms with Crippen molar-refractivity contribution in [3.63, 3.8) is 0 Å². The van der Waals surface area contributed by atoms with Gasteiger partial charge in [-0.2, -0.15) is 5.26 Å². The van der Waals surface area contributed by atoms with E-state index in [0.717, 1.165) is 11.4 Å². The Hall–Kier alpha value is -3.53. The number of carbonyl (C=O) groups excluding carboxylic acids is 2. The highest BCUT2D eigenvalue weighted by molar-refractivity contribution is 6.39. The molecule has 1 saturated heterocycles. The van der Waals surface area contributed by atoms with Crippen molar-refractivity contribution in [3.8, 4) is 11.8 Å². The molecule has 1 heterocycles. The van der Waals surface area contributed by atoms with Gasteiger partial charge in [0.05, 0.1) is 24.4 Å². The second-order valence-electron chi connectivity index (χ2n) is 6.10. The van der Waals surface area contributed by atoms with E-state index in [2.05, 4.69) is 10.2 Å². The van der Waals surface area contributed by atoms with Crippen molar-refractivity contribution in [1.29, 1.82) is 5.26 Å². The molecule has 1 aliphatic heterocycles. The molecule has 0 saturated carbocycles. The molecule has 0 atom stereocenters. The van der Waals surface area contributed by atoms with Crippen LogP contribution in [-0.4, -0.2) is 50.0 Å². The zero-order chi connectivity index (χ0) is 19.2. The molecule has 2 amide bonds.